The van der Waals surface area contributed by atoms with Gasteiger partial charge in [-0.15, -0.1) is 0 Å². The Balaban J connectivity index is 1.51. The van der Waals surface area contributed by atoms with Gasteiger partial charge in [-0.25, -0.2) is 0 Å². The molecule has 7 nitrogen and oxygen atoms in total. The summed E-state index contributed by atoms with van der Waals surface area (Å²) >= 11 is 0.127. The van der Waals surface area contributed by atoms with Crippen molar-refractivity contribution in [3.05, 3.63) is 80.6 Å². The third-order valence-corrected chi connectivity index (χ3v) is 13.4. The summed E-state index contributed by atoms with van der Waals surface area (Å²) < 4.78 is 39.7. The number of allylic oxidation sites excluding steroid dienone is 3. The van der Waals surface area contributed by atoms with Crippen LogP contribution in [0.1, 0.15) is 69.8 Å². The number of ketones is 1. The number of Topliss-reactive ketones (excluding diaryl/α,β-unsaturated/α-hetero) is 1. The Bertz CT molecular complexity index is 1710. The number of fused-ring (bicyclic) bond motifs is 2. The van der Waals surface area contributed by atoms with Crippen molar-refractivity contribution in [1.82, 2.24) is 5.32 Å². The van der Waals surface area contributed by atoms with Gasteiger partial charge in [0.05, 0.1) is 0 Å². The number of carbonyl (C=O) groups excluding carboxylic acids is 1. The predicted molar refractivity (Wildman–Crippen MR) is 181 cm³/mol. The van der Waals surface area contributed by atoms with E-state index >= 15 is 0 Å². The second kappa shape index (κ2) is 15.2. The van der Waals surface area contributed by atoms with Gasteiger partial charge >= 0.3 is 275 Å². The van der Waals surface area contributed by atoms with Crippen LogP contribution in [-0.2, 0) is 21.5 Å². The van der Waals surface area contributed by atoms with Crippen LogP contribution in [0.5, 0.6) is 0 Å². The minimum absolute atomic E-state index is 0.0188. The van der Waals surface area contributed by atoms with Crippen molar-refractivity contribution in [2.24, 2.45) is 0 Å². The first-order valence-electron chi connectivity index (χ1n) is 15.7. The molecular formula is C34H42N3O4SSe2+. The summed E-state index contributed by atoms with van der Waals surface area (Å²) in [6.07, 6.45) is 13.3. The molecule has 0 radical (unpaired) electrons. The summed E-state index contributed by atoms with van der Waals surface area (Å²) in [6, 6.07) is 17.0. The first-order valence-corrected chi connectivity index (χ1v) is 20.7. The predicted octanol–water partition coefficient (Wildman–Crippen LogP) is 4.73. The van der Waals surface area contributed by atoms with E-state index in [1.165, 1.54) is 58.5 Å². The molecule has 5 rings (SSSR count). The Morgan fingerprint density at radius 3 is 2.43 bits per heavy atom. The topological polar surface area (TPSA) is 90.6 Å². The average molecular weight is 747 g/mol. The molecule has 0 amide bonds. The molecule has 0 fully saturated rings. The van der Waals surface area contributed by atoms with Crippen LogP contribution in [0.2, 0.25) is 0 Å². The van der Waals surface area contributed by atoms with Crippen molar-refractivity contribution in [3.8, 4) is 0 Å². The monoisotopic (exact) mass is 748 g/mol. The third-order valence-electron chi connectivity index (χ3n) is 7.97. The van der Waals surface area contributed by atoms with E-state index in [9.17, 15) is 17.8 Å². The van der Waals surface area contributed by atoms with Crippen LogP contribution < -0.4 is 19.2 Å². The second-order valence-corrected chi connectivity index (χ2v) is 17.3. The van der Waals surface area contributed by atoms with Crippen molar-refractivity contribution >= 4 is 71.4 Å². The van der Waals surface area contributed by atoms with Crippen LogP contribution in [0.25, 0.3) is 15.9 Å². The number of anilines is 1. The first kappa shape index (κ1) is 32.9. The summed E-state index contributed by atoms with van der Waals surface area (Å²) in [5, 5.41) is 3.22. The van der Waals surface area contributed by atoms with Gasteiger partial charge in [0.15, 0.2) is 0 Å². The molecule has 2 N–H and O–H groups in total. The Kier molecular flexibility index (Phi) is 11.4. The second-order valence-electron chi connectivity index (χ2n) is 11.3. The first-order chi connectivity index (χ1) is 21.3. The molecule has 0 saturated carbocycles. The number of para-hydroxylation sites is 2. The van der Waals surface area contributed by atoms with E-state index in [1.54, 1.807) is 0 Å². The van der Waals surface area contributed by atoms with E-state index in [0.29, 0.717) is 16.8 Å². The van der Waals surface area contributed by atoms with Crippen molar-refractivity contribution in [1.29, 1.82) is 0 Å². The molecule has 10 heteroatoms. The van der Waals surface area contributed by atoms with E-state index < -0.39 is 15.9 Å². The number of aromatic nitrogens is 1. The molecule has 1 aromatic heterocycles. The number of nitrogens with one attached hydrogen (secondary N) is 1. The van der Waals surface area contributed by atoms with Gasteiger partial charge in [-0.2, -0.15) is 0 Å². The van der Waals surface area contributed by atoms with Gasteiger partial charge in [0.2, 0.25) is 0 Å². The van der Waals surface area contributed by atoms with E-state index in [-0.39, 0.29) is 41.8 Å². The maximum atomic E-state index is 13.9. The number of hydrogen-bond acceptors (Lipinski definition) is 5. The normalized spacial score (nSPS) is 16.8. The molecule has 234 valence electrons. The zero-order valence-corrected chi connectivity index (χ0v) is 29.8. The molecule has 44 heavy (non-hydrogen) atoms. The summed E-state index contributed by atoms with van der Waals surface area (Å²) in [6.45, 7) is 6.27. The third kappa shape index (κ3) is 7.85. The molecular weight excluding hydrogens is 704 g/mol. The van der Waals surface area contributed by atoms with Crippen LogP contribution in [0.4, 0.5) is 5.69 Å². The summed E-state index contributed by atoms with van der Waals surface area (Å²) in [7, 11) is -4.14. The number of hydrogen-bond donors (Lipinski definition) is 2. The van der Waals surface area contributed by atoms with Crippen LogP contribution in [0, 0.1) is 0 Å². The average Bonchev–Trinajstić information content (AvgIpc) is 3.54. The molecule has 3 aromatic rings. The quantitative estimate of drug-likeness (QED) is 0.0725. The summed E-state index contributed by atoms with van der Waals surface area (Å²) in [4.78, 5) is 16.2. The number of unbranched alkanes of at least 4 members (excludes halogenated alkanes) is 6. The van der Waals surface area contributed by atoms with Crippen molar-refractivity contribution in [2.45, 2.75) is 71.8 Å². The van der Waals surface area contributed by atoms with Gasteiger partial charge in [-0.3, -0.25) is 0 Å². The number of benzene rings is 2. The van der Waals surface area contributed by atoms with Crippen LogP contribution in [0.15, 0.2) is 76.0 Å². The van der Waals surface area contributed by atoms with Crippen molar-refractivity contribution in [3.63, 3.8) is 0 Å². The van der Waals surface area contributed by atoms with Crippen molar-refractivity contribution in [2.75, 3.05) is 23.7 Å². The molecule has 1 aliphatic heterocycles. The number of aryl methyl sites for hydroxylation is 1. The number of carbonyl (C=O) groups is 1. The fourth-order valence-corrected chi connectivity index (χ4v) is 10.8. The minimum atomic E-state index is -4.14. The Morgan fingerprint density at radius 1 is 0.932 bits per heavy atom. The fourth-order valence-electron chi connectivity index (χ4n) is 5.65. The molecule has 2 aliphatic rings. The molecule has 0 unspecified atom stereocenters. The SMILES string of the molecule is CCCCCCN1C(=CC2=C(NCCS(=O)(=O)O)C(=Cc3[se]c4ccccc4[n+]3CCCCCC)C2=O)[Se]c2ccccc21. The standard InChI is InChI=1S/C34H41N3O4SSe2/c1-3-5-7-13-20-36-27-15-9-11-17-29(27)43-31(36)23-25-33(35-19-22-42(39,40)41)26(34(25)38)24-32-37(21-14-8-6-4-2)28-16-10-12-18-30(28)44-32/h9-12,15-18,23-24H,3-8,13-14,19-22H2,1-2H3,(H-,35,38,39,40,41)/p+1. The summed E-state index contributed by atoms with van der Waals surface area (Å²) in [5.74, 6) is -0.439. The van der Waals surface area contributed by atoms with Crippen LogP contribution in [-0.4, -0.2) is 67.1 Å². The van der Waals surface area contributed by atoms with Gasteiger partial charge in [-0.1, -0.05) is 0 Å². The molecule has 2 heterocycles. The van der Waals surface area contributed by atoms with E-state index in [4.69, 9.17) is 0 Å². The van der Waals surface area contributed by atoms with Gasteiger partial charge < -0.3 is 0 Å². The van der Waals surface area contributed by atoms with E-state index in [0.717, 1.165) is 35.1 Å². The summed E-state index contributed by atoms with van der Waals surface area (Å²) in [5.41, 5.74) is 4.30. The van der Waals surface area contributed by atoms with Crippen LogP contribution >= 0.6 is 0 Å². The molecule has 1 aliphatic carbocycles. The Morgan fingerprint density at radius 2 is 1.66 bits per heavy atom. The molecule has 0 saturated heterocycles. The molecule has 2 aromatic carbocycles. The molecule has 0 spiro atoms. The zero-order valence-electron chi connectivity index (χ0n) is 25.5. The Hall–Kier alpha value is -2.45. The molecule has 0 atom stereocenters. The molecule has 0 bridgehead atoms. The Labute approximate surface area is 273 Å². The van der Waals surface area contributed by atoms with E-state index in [2.05, 4.69) is 77.2 Å². The number of nitrogens with zero attached hydrogens (tertiary/aromatic N) is 2. The maximum absolute atomic E-state index is 13.9. The number of rotatable bonds is 16. The van der Waals surface area contributed by atoms with Crippen molar-refractivity contribution < 1.29 is 22.3 Å². The van der Waals surface area contributed by atoms with Gasteiger partial charge in [-0.05, 0) is 0 Å². The van der Waals surface area contributed by atoms with Gasteiger partial charge in [0.25, 0.3) is 0 Å². The van der Waals surface area contributed by atoms with Gasteiger partial charge in [0, 0.05) is 0 Å². The fraction of sp³-hybridized carbons (Fsp3) is 0.412. The zero-order chi connectivity index (χ0) is 31.1. The van der Waals surface area contributed by atoms with Gasteiger partial charge in [0.1, 0.15) is 0 Å². The van der Waals surface area contributed by atoms with E-state index in [1.807, 2.05) is 12.2 Å². The van der Waals surface area contributed by atoms with Crippen LogP contribution in [0.3, 0.4) is 0 Å².